The van der Waals surface area contributed by atoms with Crippen molar-refractivity contribution in [2.24, 2.45) is 5.10 Å². The van der Waals surface area contributed by atoms with Gasteiger partial charge in [0.1, 0.15) is 0 Å². The van der Waals surface area contributed by atoms with E-state index >= 15 is 0 Å². The molecule has 3 aromatic rings. The van der Waals surface area contributed by atoms with Gasteiger partial charge in [-0.15, -0.1) is 0 Å². The molecule has 98 valence electrons. The van der Waals surface area contributed by atoms with E-state index in [9.17, 15) is 0 Å². The number of hydrogen-bond donors (Lipinski definition) is 1. The molecule has 0 spiro atoms. The van der Waals surface area contributed by atoms with Gasteiger partial charge in [-0.25, -0.2) is 0 Å². The summed E-state index contributed by atoms with van der Waals surface area (Å²) in [5.74, 6) is 0. The molecule has 0 aromatic heterocycles. The third kappa shape index (κ3) is 2.69. The molecule has 2 nitrogen and oxygen atoms in total. The van der Waals surface area contributed by atoms with E-state index in [-0.39, 0.29) is 0 Å². The molecular formula is C18H16N2. The van der Waals surface area contributed by atoms with Gasteiger partial charge in [-0.05, 0) is 35.4 Å². The Labute approximate surface area is 118 Å². The minimum Gasteiger partial charge on any atom is -0.278 e. The minimum atomic E-state index is 0.971. The highest BCUT2D eigenvalue weighted by atomic mass is 15.3. The molecule has 3 rings (SSSR count). The number of nitrogens with zero attached hydrogens (tertiary/aromatic N) is 1. The second-order valence-electron chi connectivity index (χ2n) is 4.74. The van der Waals surface area contributed by atoms with Gasteiger partial charge < -0.3 is 0 Å². The lowest BCUT2D eigenvalue weighted by molar-refractivity contribution is 1.32. The Kier molecular flexibility index (Phi) is 3.46. The van der Waals surface area contributed by atoms with Gasteiger partial charge in [0.05, 0.1) is 11.4 Å². The standard InChI is InChI=1S/C18H16N2/c1-14(15-7-3-2-4-8-15)19-20-18-12-11-16-9-5-6-10-17(16)13-18/h2-13,20H,1H3. The average Bonchev–Trinajstić information content (AvgIpc) is 2.53. The number of hydrogen-bond acceptors (Lipinski definition) is 2. The van der Waals surface area contributed by atoms with Gasteiger partial charge in [-0.3, -0.25) is 5.43 Å². The summed E-state index contributed by atoms with van der Waals surface area (Å²) in [5, 5.41) is 6.89. The molecule has 0 amide bonds. The Morgan fingerprint density at radius 1 is 0.800 bits per heavy atom. The molecule has 0 bridgehead atoms. The van der Waals surface area contributed by atoms with E-state index in [4.69, 9.17) is 0 Å². The first-order valence-electron chi connectivity index (χ1n) is 6.67. The van der Waals surface area contributed by atoms with Crippen molar-refractivity contribution in [3.05, 3.63) is 78.4 Å². The summed E-state index contributed by atoms with van der Waals surface area (Å²) < 4.78 is 0. The van der Waals surface area contributed by atoms with E-state index in [2.05, 4.69) is 46.9 Å². The second kappa shape index (κ2) is 5.57. The van der Waals surface area contributed by atoms with Crippen LogP contribution >= 0.6 is 0 Å². The summed E-state index contributed by atoms with van der Waals surface area (Å²) >= 11 is 0. The van der Waals surface area contributed by atoms with Gasteiger partial charge in [-0.2, -0.15) is 5.10 Å². The minimum absolute atomic E-state index is 0.971. The number of fused-ring (bicyclic) bond motifs is 1. The molecule has 3 aromatic carbocycles. The Balaban J connectivity index is 1.83. The highest BCUT2D eigenvalue weighted by Gasteiger charge is 1.97. The van der Waals surface area contributed by atoms with E-state index in [0.717, 1.165) is 17.0 Å². The van der Waals surface area contributed by atoms with Crippen molar-refractivity contribution in [3.63, 3.8) is 0 Å². The Hall–Kier alpha value is -2.61. The van der Waals surface area contributed by atoms with Gasteiger partial charge in [0.25, 0.3) is 0 Å². The topological polar surface area (TPSA) is 24.4 Å². The maximum Gasteiger partial charge on any atom is 0.0648 e. The van der Waals surface area contributed by atoms with Gasteiger partial charge >= 0.3 is 0 Å². The molecule has 2 heteroatoms. The average molecular weight is 260 g/mol. The molecule has 0 atom stereocenters. The van der Waals surface area contributed by atoms with Crippen LogP contribution in [0.5, 0.6) is 0 Å². The molecule has 0 saturated carbocycles. The van der Waals surface area contributed by atoms with Crippen molar-refractivity contribution >= 4 is 22.2 Å². The molecule has 0 fully saturated rings. The van der Waals surface area contributed by atoms with Crippen molar-refractivity contribution < 1.29 is 0 Å². The van der Waals surface area contributed by atoms with Crippen molar-refractivity contribution in [1.82, 2.24) is 0 Å². The van der Waals surface area contributed by atoms with Crippen LogP contribution in [0.1, 0.15) is 12.5 Å². The predicted molar refractivity (Wildman–Crippen MR) is 86.2 cm³/mol. The largest absolute Gasteiger partial charge is 0.278 e. The van der Waals surface area contributed by atoms with Crippen LogP contribution in [0.25, 0.3) is 10.8 Å². The van der Waals surface area contributed by atoms with E-state index in [1.807, 2.05) is 43.3 Å². The molecule has 0 heterocycles. The van der Waals surface area contributed by atoms with Crippen molar-refractivity contribution in [1.29, 1.82) is 0 Å². The molecule has 0 aliphatic rings. The highest BCUT2D eigenvalue weighted by Crippen LogP contribution is 2.18. The molecular weight excluding hydrogens is 244 g/mol. The highest BCUT2D eigenvalue weighted by molar-refractivity contribution is 5.99. The van der Waals surface area contributed by atoms with Gasteiger partial charge in [0.2, 0.25) is 0 Å². The predicted octanol–water partition coefficient (Wildman–Crippen LogP) is 4.68. The maximum absolute atomic E-state index is 4.44. The molecule has 0 aliphatic carbocycles. The van der Waals surface area contributed by atoms with Crippen molar-refractivity contribution in [2.75, 3.05) is 5.43 Å². The van der Waals surface area contributed by atoms with E-state index in [0.29, 0.717) is 0 Å². The summed E-state index contributed by atoms with van der Waals surface area (Å²) in [6.07, 6.45) is 0. The summed E-state index contributed by atoms with van der Waals surface area (Å²) in [6, 6.07) is 24.7. The quantitative estimate of drug-likeness (QED) is 0.537. The number of nitrogens with one attached hydrogen (secondary N) is 1. The van der Waals surface area contributed by atoms with E-state index in [1.165, 1.54) is 10.8 Å². The van der Waals surface area contributed by atoms with Crippen LogP contribution in [0.15, 0.2) is 77.9 Å². The normalized spacial score (nSPS) is 11.6. The van der Waals surface area contributed by atoms with Crippen LogP contribution in [0, 0.1) is 0 Å². The number of rotatable bonds is 3. The van der Waals surface area contributed by atoms with Crippen LogP contribution in [-0.2, 0) is 0 Å². The summed E-state index contributed by atoms with van der Waals surface area (Å²) in [6.45, 7) is 2.00. The van der Waals surface area contributed by atoms with Crippen LogP contribution < -0.4 is 5.43 Å². The fraction of sp³-hybridized carbons (Fsp3) is 0.0556. The first-order valence-corrected chi connectivity index (χ1v) is 6.67. The Morgan fingerprint density at radius 3 is 2.30 bits per heavy atom. The first kappa shape index (κ1) is 12.4. The number of anilines is 1. The van der Waals surface area contributed by atoms with Crippen LogP contribution in [0.2, 0.25) is 0 Å². The monoisotopic (exact) mass is 260 g/mol. The van der Waals surface area contributed by atoms with Crippen molar-refractivity contribution in [3.8, 4) is 0 Å². The lowest BCUT2D eigenvalue weighted by Gasteiger charge is -2.05. The molecule has 0 aliphatic heterocycles. The third-order valence-corrected chi connectivity index (χ3v) is 3.29. The Morgan fingerprint density at radius 2 is 1.50 bits per heavy atom. The third-order valence-electron chi connectivity index (χ3n) is 3.29. The van der Waals surface area contributed by atoms with E-state index < -0.39 is 0 Å². The number of hydrazone groups is 1. The maximum atomic E-state index is 4.44. The van der Waals surface area contributed by atoms with Gasteiger partial charge in [0.15, 0.2) is 0 Å². The Bertz CT molecular complexity index is 745. The van der Waals surface area contributed by atoms with E-state index in [1.54, 1.807) is 0 Å². The van der Waals surface area contributed by atoms with Crippen LogP contribution in [0.4, 0.5) is 5.69 Å². The second-order valence-corrected chi connectivity index (χ2v) is 4.74. The van der Waals surface area contributed by atoms with Gasteiger partial charge in [0, 0.05) is 0 Å². The van der Waals surface area contributed by atoms with Gasteiger partial charge in [-0.1, -0.05) is 60.7 Å². The zero-order chi connectivity index (χ0) is 13.8. The fourth-order valence-electron chi connectivity index (χ4n) is 2.15. The molecule has 0 unspecified atom stereocenters. The SMILES string of the molecule is CC(=NNc1ccc2ccccc2c1)c1ccccc1. The van der Waals surface area contributed by atoms with Crippen LogP contribution in [0.3, 0.4) is 0 Å². The fourth-order valence-corrected chi connectivity index (χ4v) is 2.15. The molecule has 0 saturated heterocycles. The summed E-state index contributed by atoms with van der Waals surface area (Å²) in [4.78, 5) is 0. The van der Waals surface area contributed by atoms with Crippen molar-refractivity contribution in [2.45, 2.75) is 6.92 Å². The number of benzene rings is 3. The smallest absolute Gasteiger partial charge is 0.0648 e. The zero-order valence-electron chi connectivity index (χ0n) is 11.4. The molecule has 20 heavy (non-hydrogen) atoms. The molecule has 1 N–H and O–H groups in total. The molecule has 0 radical (unpaired) electrons. The lowest BCUT2D eigenvalue weighted by Crippen LogP contribution is -1.99. The first-order chi connectivity index (χ1) is 9.83. The summed E-state index contributed by atoms with van der Waals surface area (Å²) in [7, 11) is 0. The van der Waals surface area contributed by atoms with Crippen LogP contribution in [-0.4, -0.2) is 5.71 Å². The zero-order valence-corrected chi connectivity index (χ0v) is 11.4. The lowest BCUT2D eigenvalue weighted by atomic mass is 10.1. The summed E-state index contributed by atoms with van der Waals surface area (Å²) in [5.41, 5.74) is 6.22.